The summed E-state index contributed by atoms with van der Waals surface area (Å²) < 4.78 is 6.59. The molecule has 0 N–H and O–H groups in total. The maximum Gasteiger partial charge on any atom is 0.270 e. The molecular weight excluding hydrogens is 244 g/mol. The average molecular weight is 264 g/mol. The molecule has 0 saturated carbocycles. The number of carbonyl (C=O) groups is 1. The summed E-state index contributed by atoms with van der Waals surface area (Å²) in [5, 5.41) is 0. The van der Waals surface area contributed by atoms with Gasteiger partial charge in [-0.3, -0.25) is 9.59 Å². The molecule has 2 rings (SSSR count). The van der Waals surface area contributed by atoms with Gasteiger partial charge in [-0.1, -0.05) is 6.07 Å². The molecule has 1 atom stereocenters. The molecule has 5 nitrogen and oxygen atoms in total. The molecule has 2 heterocycles. The standard InChI is InChI=1S/C14H20N2O3/c1-15-12(7-5-8-13(15)17)14(18)16-9-4-3-6-11(16)10-19-2/h5,7-8,11H,3-4,6,9-10H2,1-2H3. The lowest BCUT2D eigenvalue weighted by Gasteiger charge is -2.35. The largest absolute Gasteiger partial charge is 0.383 e. The van der Waals surface area contributed by atoms with Crippen molar-refractivity contribution in [1.29, 1.82) is 0 Å². The van der Waals surface area contributed by atoms with E-state index in [-0.39, 0.29) is 17.5 Å². The zero-order valence-electron chi connectivity index (χ0n) is 11.5. The minimum absolute atomic E-state index is 0.0815. The number of nitrogens with zero attached hydrogens (tertiary/aromatic N) is 2. The molecule has 0 radical (unpaired) electrons. The summed E-state index contributed by atoms with van der Waals surface area (Å²) in [6, 6.07) is 4.90. The van der Waals surface area contributed by atoms with Gasteiger partial charge in [0.2, 0.25) is 0 Å². The topological polar surface area (TPSA) is 51.5 Å². The van der Waals surface area contributed by atoms with E-state index in [9.17, 15) is 9.59 Å². The summed E-state index contributed by atoms with van der Waals surface area (Å²) in [6.45, 7) is 1.28. The van der Waals surface area contributed by atoms with E-state index in [1.807, 2.05) is 4.90 Å². The van der Waals surface area contributed by atoms with Crippen LogP contribution in [0.5, 0.6) is 0 Å². The van der Waals surface area contributed by atoms with E-state index in [0.717, 1.165) is 25.8 Å². The monoisotopic (exact) mass is 264 g/mol. The van der Waals surface area contributed by atoms with Gasteiger partial charge in [0.25, 0.3) is 11.5 Å². The first kappa shape index (κ1) is 13.8. The third-order valence-electron chi connectivity index (χ3n) is 3.65. The van der Waals surface area contributed by atoms with Crippen LogP contribution in [0.1, 0.15) is 29.8 Å². The Labute approximate surface area is 112 Å². The number of amides is 1. The lowest BCUT2D eigenvalue weighted by Crippen LogP contribution is -2.47. The number of hydrogen-bond donors (Lipinski definition) is 0. The molecule has 1 aromatic heterocycles. The van der Waals surface area contributed by atoms with Gasteiger partial charge in [0.15, 0.2) is 0 Å². The molecule has 1 saturated heterocycles. The van der Waals surface area contributed by atoms with E-state index in [1.165, 1.54) is 10.6 Å². The van der Waals surface area contributed by atoms with Crippen LogP contribution in [0.15, 0.2) is 23.0 Å². The number of rotatable bonds is 3. The molecule has 5 heteroatoms. The Morgan fingerprint density at radius 1 is 1.42 bits per heavy atom. The highest BCUT2D eigenvalue weighted by Crippen LogP contribution is 2.19. The van der Waals surface area contributed by atoms with Crippen LogP contribution >= 0.6 is 0 Å². The molecule has 1 amide bonds. The molecule has 0 spiro atoms. The van der Waals surface area contributed by atoms with Gasteiger partial charge < -0.3 is 14.2 Å². The van der Waals surface area contributed by atoms with Crippen LogP contribution in [0.2, 0.25) is 0 Å². The molecule has 1 unspecified atom stereocenters. The van der Waals surface area contributed by atoms with Gasteiger partial charge in [-0.25, -0.2) is 0 Å². The van der Waals surface area contributed by atoms with Crippen molar-refractivity contribution in [2.45, 2.75) is 25.3 Å². The van der Waals surface area contributed by atoms with Crippen LogP contribution in [-0.4, -0.2) is 41.7 Å². The highest BCUT2D eigenvalue weighted by atomic mass is 16.5. The fourth-order valence-corrected chi connectivity index (χ4v) is 2.56. The zero-order chi connectivity index (χ0) is 13.8. The molecule has 1 aliphatic rings. The first-order chi connectivity index (χ1) is 9.15. The van der Waals surface area contributed by atoms with Crippen molar-refractivity contribution < 1.29 is 9.53 Å². The van der Waals surface area contributed by atoms with Gasteiger partial charge in [0, 0.05) is 26.8 Å². The highest BCUT2D eigenvalue weighted by molar-refractivity contribution is 5.92. The Kier molecular flexibility index (Phi) is 4.37. The molecule has 1 aromatic rings. The third-order valence-corrected chi connectivity index (χ3v) is 3.65. The predicted molar refractivity (Wildman–Crippen MR) is 72.2 cm³/mol. The van der Waals surface area contributed by atoms with Crippen molar-refractivity contribution in [3.63, 3.8) is 0 Å². The van der Waals surface area contributed by atoms with Crippen LogP contribution in [0.4, 0.5) is 0 Å². The van der Waals surface area contributed by atoms with Crippen molar-refractivity contribution in [1.82, 2.24) is 9.47 Å². The fourth-order valence-electron chi connectivity index (χ4n) is 2.56. The summed E-state index contributed by atoms with van der Waals surface area (Å²) in [6.07, 6.45) is 3.08. The van der Waals surface area contributed by atoms with Crippen molar-refractivity contribution >= 4 is 5.91 Å². The molecular formula is C14H20N2O3. The van der Waals surface area contributed by atoms with Crippen LogP contribution < -0.4 is 5.56 Å². The minimum atomic E-state index is -0.161. The van der Waals surface area contributed by atoms with Crippen molar-refractivity contribution in [3.8, 4) is 0 Å². The normalized spacial score (nSPS) is 19.5. The summed E-state index contributed by atoms with van der Waals surface area (Å²) in [7, 11) is 3.28. The molecule has 1 aliphatic heterocycles. The Morgan fingerprint density at radius 2 is 2.21 bits per heavy atom. The van der Waals surface area contributed by atoms with Crippen molar-refractivity contribution in [3.05, 3.63) is 34.2 Å². The van der Waals surface area contributed by atoms with Crippen LogP contribution in [-0.2, 0) is 11.8 Å². The van der Waals surface area contributed by atoms with E-state index < -0.39 is 0 Å². The lowest BCUT2D eigenvalue weighted by atomic mass is 10.0. The van der Waals surface area contributed by atoms with Crippen molar-refractivity contribution in [2.24, 2.45) is 7.05 Å². The third kappa shape index (κ3) is 2.87. The van der Waals surface area contributed by atoms with E-state index in [2.05, 4.69) is 0 Å². The molecule has 0 aromatic carbocycles. The Hall–Kier alpha value is -1.62. The van der Waals surface area contributed by atoms with Crippen LogP contribution in [0, 0.1) is 0 Å². The second kappa shape index (κ2) is 6.02. The SMILES string of the molecule is COCC1CCCCN1C(=O)c1cccc(=O)n1C. The molecule has 0 bridgehead atoms. The Balaban J connectivity index is 2.26. The van der Waals surface area contributed by atoms with Gasteiger partial charge in [-0.05, 0) is 25.3 Å². The number of ether oxygens (including phenoxy) is 1. The Bertz CT molecular complexity index is 508. The number of pyridine rings is 1. The van der Waals surface area contributed by atoms with Gasteiger partial charge in [0.05, 0.1) is 12.6 Å². The number of likely N-dealkylation sites (tertiary alicyclic amines) is 1. The lowest BCUT2D eigenvalue weighted by molar-refractivity contribution is 0.0418. The molecule has 1 fully saturated rings. The van der Waals surface area contributed by atoms with Crippen LogP contribution in [0.3, 0.4) is 0 Å². The second-order valence-corrected chi connectivity index (χ2v) is 4.91. The van der Waals surface area contributed by atoms with Gasteiger partial charge in [-0.15, -0.1) is 0 Å². The minimum Gasteiger partial charge on any atom is -0.383 e. The maximum atomic E-state index is 12.6. The van der Waals surface area contributed by atoms with Crippen LogP contribution in [0.25, 0.3) is 0 Å². The number of carbonyl (C=O) groups excluding carboxylic acids is 1. The summed E-state index contributed by atoms with van der Waals surface area (Å²) >= 11 is 0. The maximum absolute atomic E-state index is 12.6. The van der Waals surface area contributed by atoms with Crippen molar-refractivity contribution in [2.75, 3.05) is 20.3 Å². The molecule has 0 aliphatic carbocycles. The van der Waals surface area contributed by atoms with Gasteiger partial charge in [-0.2, -0.15) is 0 Å². The average Bonchev–Trinajstić information content (AvgIpc) is 2.42. The highest BCUT2D eigenvalue weighted by Gasteiger charge is 2.28. The number of aromatic nitrogens is 1. The summed E-state index contributed by atoms with van der Waals surface area (Å²) in [4.78, 5) is 26.0. The Morgan fingerprint density at radius 3 is 2.95 bits per heavy atom. The summed E-state index contributed by atoms with van der Waals surface area (Å²) in [5.74, 6) is -0.0815. The molecule has 19 heavy (non-hydrogen) atoms. The van der Waals surface area contributed by atoms with E-state index in [1.54, 1.807) is 26.3 Å². The number of methoxy groups -OCH3 is 1. The fraction of sp³-hybridized carbons (Fsp3) is 0.571. The number of piperidine rings is 1. The second-order valence-electron chi connectivity index (χ2n) is 4.91. The van der Waals surface area contributed by atoms with Gasteiger partial charge >= 0.3 is 0 Å². The first-order valence-electron chi connectivity index (χ1n) is 6.61. The zero-order valence-corrected chi connectivity index (χ0v) is 11.5. The summed E-state index contributed by atoms with van der Waals surface area (Å²) in [5.41, 5.74) is 0.279. The van der Waals surface area contributed by atoms with Gasteiger partial charge in [0.1, 0.15) is 5.69 Å². The quantitative estimate of drug-likeness (QED) is 0.819. The number of hydrogen-bond acceptors (Lipinski definition) is 3. The van der Waals surface area contributed by atoms with E-state index in [4.69, 9.17) is 4.74 Å². The van der Waals surface area contributed by atoms with E-state index >= 15 is 0 Å². The van der Waals surface area contributed by atoms with E-state index in [0.29, 0.717) is 12.3 Å². The molecule has 104 valence electrons. The first-order valence-corrected chi connectivity index (χ1v) is 6.61. The smallest absolute Gasteiger partial charge is 0.270 e. The predicted octanol–water partition coefficient (Wildman–Crippen LogP) is 1.03.